The Hall–Kier alpha value is -2.69. The molecule has 1 aliphatic heterocycles. The van der Waals surface area contributed by atoms with Gasteiger partial charge in [0, 0.05) is 32.5 Å². The number of halogens is 1. The molecule has 4 rings (SSSR count). The van der Waals surface area contributed by atoms with Gasteiger partial charge in [-0.2, -0.15) is 0 Å². The summed E-state index contributed by atoms with van der Waals surface area (Å²) in [6, 6.07) is 13.8. The maximum atomic E-state index is 13.3. The maximum Gasteiger partial charge on any atom is 0.245 e. The summed E-state index contributed by atoms with van der Waals surface area (Å²) < 4.78 is 13.3. The second-order valence-electron chi connectivity index (χ2n) is 7.80. The molecule has 2 amide bonds. The topological polar surface area (TPSA) is 40.6 Å². The van der Waals surface area contributed by atoms with Crippen molar-refractivity contribution in [2.45, 2.75) is 31.7 Å². The van der Waals surface area contributed by atoms with Gasteiger partial charge in [-0.15, -0.1) is 0 Å². The molecule has 2 aliphatic rings. The first-order valence-electron chi connectivity index (χ1n) is 9.94. The van der Waals surface area contributed by atoms with Crippen LogP contribution in [0.3, 0.4) is 0 Å². The van der Waals surface area contributed by atoms with Crippen molar-refractivity contribution in [3.8, 4) is 11.1 Å². The molecule has 0 spiro atoms. The van der Waals surface area contributed by atoms with E-state index in [4.69, 9.17) is 0 Å². The highest BCUT2D eigenvalue weighted by Crippen LogP contribution is 2.31. The summed E-state index contributed by atoms with van der Waals surface area (Å²) in [5.41, 5.74) is 2.87. The average molecular weight is 380 g/mol. The summed E-state index contributed by atoms with van der Waals surface area (Å²) in [7, 11) is 1.80. The lowest BCUT2D eigenvalue weighted by molar-refractivity contribution is -0.154. The maximum absolute atomic E-state index is 13.3. The van der Waals surface area contributed by atoms with Crippen LogP contribution in [0.15, 0.2) is 48.5 Å². The summed E-state index contributed by atoms with van der Waals surface area (Å²) >= 11 is 0. The van der Waals surface area contributed by atoms with Crippen molar-refractivity contribution in [1.29, 1.82) is 0 Å². The van der Waals surface area contributed by atoms with Gasteiger partial charge in [0.25, 0.3) is 0 Å². The molecule has 0 unspecified atom stereocenters. The first-order valence-corrected chi connectivity index (χ1v) is 9.94. The zero-order valence-electron chi connectivity index (χ0n) is 16.1. The van der Waals surface area contributed by atoms with E-state index in [-0.39, 0.29) is 23.5 Å². The van der Waals surface area contributed by atoms with Crippen molar-refractivity contribution in [2.24, 2.45) is 5.92 Å². The molecule has 28 heavy (non-hydrogen) atoms. The van der Waals surface area contributed by atoms with Gasteiger partial charge < -0.3 is 9.80 Å². The minimum atomic E-state index is -0.478. The molecule has 0 N–H and O–H groups in total. The molecule has 1 aliphatic carbocycles. The van der Waals surface area contributed by atoms with Gasteiger partial charge in [0.1, 0.15) is 11.9 Å². The molecule has 2 aromatic carbocycles. The van der Waals surface area contributed by atoms with E-state index in [1.807, 2.05) is 24.3 Å². The monoisotopic (exact) mass is 380 g/mol. The number of carbonyl (C=O) groups is 2. The highest BCUT2D eigenvalue weighted by atomic mass is 19.1. The smallest absolute Gasteiger partial charge is 0.245 e. The van der Waals surface area contributed by atoms with Crippen LogP contribution in [0.1, 0.15) is 24.8 Å². The average Bonchev–Trinajstić information content (AvgIpc) is 2.65. The number of hydrogen-bond acceptors (Lipinski definition) is 2. The standard InChI is InChI=1S/C23H25FN2O2/c1-25-13-14-26(22(27)17-6-4-7-17)21(23(25)28)15-18-5-2-3-8-20(18)16-9-11-19(24)12-10-16/h2-3,5,8-12,17,21H,4,6-7,13-15H2,1H3/t21-/m0/s1. The van der Waals surface area contributed by atoms with E-state index < -0.39 is 6.04 Å². The molecule has 5 heteroatoms. The van der Waals surface area contributed by atoms with Crippen molar-refractivity contribution in [1.82, 2.24) is 9.80 Å². The zero-order chi connectivity index (χ0) is 19.7. The second kappa shape index (κ2) is 7.74. The molecule has 0 bridgehead atoms. The summed E-state index contributed by atoms with van der Waals surface area (Å²) in [5.74, 6) is -0.0848. The Morgan fingerprint density at radius 1 is 1.07 bits per heavy atom. The van der Waals surface area contributed by atoms with Crippen LogP contribution in [0.4, 0.5) is 4.39 Å². The molecule has 1 atom stereocenters. The van der Waals surface area contributed by atoms with Crippen LogP contribution in [0, 0.1) is 11.7 Å². The first kappa shape index (κ1) is 18.7. The molecule has 146 valence electrons. The minimum Gasteiger partial charge on any atom is -0.342 e. The molecule has 1 saturated heterocycles. The summed E-state index contributed by atoms with van der Waals surface area (Å²) in [5, 5.41) is 0. The molecule has 1 heterocycles. The number of piperazine rings is 1. The number of carbonyl (C=O) groups excluding carboxylic acids is 2. The van der Waals surface area contributed by atoms with Crippen LogP contribution >= 0.6 is 0 Å². The van der Waals surface area contributed by atoms with Crippen LogP contribution < -0.4 is 0 Å². The Balaban J connectivity index is 1.64. The van der Waals surface area contributed by atoms with Crippen LogP contribution in [-0.2, 0) is 16.0 Å². The van der Waals surface area contributed by atoms with Gasteiger partial charge in [-0.3, -0.25) is 9.59 Å². The van der Waals surface area contributed by atoms with E-state index in [0.717, 1.165) is 36.0 Å². The quantitative estimate of drug-likeness (QED) is 0.815. The van der Waals surface area contributed by atoms with Crippen LogP contribution in [0.2, 0.25) is 0 Å². The van der Waals surface area contributed by atoms with Gasteiger partial charge in [0.2, 0.25) is 11.8 Å². The number of likely N-dealkylation sites (N-methyl/N-ethyl adjacent to an activating group) is 1. The van der Waals surface area contributed by atoms with Gasteiger partial charge in [0.05, 0.1) is 0 Å². The number of nitrogens with zero attached hydrogens (tertiary/aromatic N) is 2. The SMILES string of the molecule is CN1CCN(C(=O)C2CCC2)[C@@H](Cc2ccccc2-c2ccc(F)cc2)C1=O. The fraction of sp³-hybridized carbons (Fsp3) is 0.391. The van der Waals surface area contributed by atoms with E-state index in [2.05, 4.69) is 0 Å². The fourth-order valence-corrected chi connectivity index (χ4v) is 4.08. The summed E-state index contributed by atoms with van der Waals surface area (Å²) in [6.45, 7) is 1.16. The van der Waals surface area contributed by atoms with Crippen LogP contribution in [0.5, 0.6) is 0 Å². The number of hydrogen-bond donors (Lipinski definition) is 0. The van der Waals surface area contributed by atoms with Gasteiger partial charge in [0.15, 0.2) is 0 Å². The van der Waals surface area contributed by atoms with Crippen molar-refractivity contribution in [2.75, 3.05) is 20.1 Å². The van der Waals surface area contributed by atoms with E-state index in [1.165, 1.54) is 12.1 Å². The molecular formula is C23H25FN2O2. The zero-order valence-corrected chi connectivity index (χ0v) is 16.1. The Morgan fingerprint density at radius 2 is 1.79 bits per heavy atom. The third-order valence-corrected chi connectivity index (χ3v) is 6.04. The van der Waals surface area contributed by atoms with E-state index in [1.54, 1.807) is 29.0 Å². The highest BCUT2D eigenvalue weighted by molar-refractivity contribution is 5.90. The molecule has 1 saturated carbocycles. The lowest BCUT2D eigenvalue weighted by Gasteiger charge is -2.42. The molecule has 2 aromatic rings. The van der Waals surface area contributed by atoms with E-state index in [0.29, 0.717) is 19.5 Å². The predicted molar refractivity (Wildman–Crippen MR) is 106 cm³/mol. The van der Waals surface area contributed by atoms with Crippen molar-refractivity contribution >= 4 is 11.8 Å². The van der Waals surface area contributed by atoms with E-state index >= 15 is 0 Å². The van der Waals surface area contributed by atoms with Crippen LogP contribution in [0.25, 0.3) is 11.1 Å². The number of rotatable bonds is 4. The third-order valence-electron chi connectivity index (χ3n) is 6.04. The minimum absolute atomic E-state index is 0.00664. The first-order chi connectivity index (χ1) is 13.5. The van der Waals surface area contributed by atoms with Gasteiger partial charge in [-0.05, 0) is 41.7 Å². The molecule has 0 radical (unpaired) electrons. The Labute approximate surface area is 164 Å². The molecule has 0 aromatic heterocycles. The van der Waals surface area contributed by atoms with Crippen molar-refractivity contribution < 1.29 is 14.0 Å². The molecular weight excluding hydrogens is 355 g/mol. The Kier molecular flexibility index (Phi) is 5.16. The van der Waals surface area contributed by atoms with Crippen molar-refractivity contribution in [3.05, 3.63) is 59.9 Å². The fourth-order valence-electron chi connectivity index (χ4n) is 4.08. The predicted octanol–water partition coefficient (Wildman–Crippen LogP) is 3.50. The molecule has 4 nitrogen and oxygen atoms in total. The summed E-state index contributed by atoms with van der Waals surface area (Å²) in [4.78, 5) is 29.4. The van der Waals surface area contributed by atoms with Gasteiger partial charge in [-0.25, -0.2) is 4.39 Å². The molecule has 2 fully saturated rings. The largest absolute Gasteiger partial charge is 0.342 e. The lowest BCUT2D eigenvalue weighted by Crippen LogP contribution is -2.59. The van der Waals surface area contributed by atoms with Gasteiger partial charge >= 0.3 is 0 Å². The lowest BCUT2D eigenvalue weighted by atomic mass is 9.83. The van der Waals surface area contributed by atoms with Gasteiger partial charge in [-0.1, -0.05) is 42.8 Å². The number of amides is 2. The normalized spacial score (nSPS) is 20.2. The second-order valence-corrected chi connectivity index (χ2v) is 7.80. The third kappa shape index (κ3) is 3.53. The highest BCUT2D eigenvalue weighted by Gasteiger charge is 2.40. The van der Waals surface area contributed by atoms with E-state index in [9.17, 15) is 14.0 Å². The Morgan fingerprint density at radius 3 is 2.46 bits per heavy atom. The van der Waals surface area contributed by atoms with Crippen LogP contribution in [-0.4, -0.2) is 47.8 Å². The Bertz CT molecular complexity index is 876. The number of benzene rings is 2. The summed E-state index contributed by atoms with van der Waals surface area (Å²) in [6.07, 6.45) is 3.42. The van der Waals surface area contributed by atoms with Crippen molar-refractivity contribution in [3.63, 3.8) is 0 Å².